The minimum Gasteiger partial charge on any atom is -0.497 e. The van der Waals surface area contributed by atoms with Crippen molar-refractivity contribution >= 4 is 6.29 Å². The first kappa shape index (κ1) is 13.7. The molecule has 0 saturated carbocycles. The van der Waals surface area contributed by atoms with Gasteiger partial charge in [-0.25, -0.2) is 0 Å². The van der Waals surface area contributed by atoms with Crippen molar-refractivity contribution in [1.82, 2.24) is 0 Å². The van der Waals surface area contributed by atoms with E-state index in [1.165, 1.54) is 0 Å². The van der Waals surface area contributed by atoms with E-state index >= 15 is 0 Å². The van der Waals surface area contributed by atoms with Crippen molar-refractivity contribution in [3.8, 4) is 23.3 Å². The van der Waals surface area contributed by atoms with Crippen molar-refractivity contribution in [1.29, 1.82) is 0 Å². The number of hydrogen-bond acceptors (Lipinski definition) is 3. The van der Waals surface area contributed by atoms with Crippen molar-refractivity contribution in [3.05, 3.63) is 59.2 Å². The van der Waals surface area contributed by atoms with Gasteiger partial charge in [0.15, 0.2) is 6.29 Å². The van der Waals surface area contributed by atoms with Gasteiger partial charge in [0.25, 0.3) is 0 Å². The van der Waals surface area contributed by atoms with Gasteiger partial charge in [-0.3, -0.25) is 4.79 Å². The van der Waals surface area contributed by atoms with E-state index in [4.69, 9.17) is 9.47 Å². The monoisotopic (exact) mass is 266 g/mol. The summed E-state index contributed by atoms with van der Waals surface area (Å²) in [6.07, 6.45) is 0.778. The molecule has 0 radical (unpaired) electrons. The second-order valence-electron chi connectivity index (χ2n) is 4.05. The largest absolute Gasteiger partial charge is 0.497 e. The second-order valence-corrected chi connectivity index (χ2v) is 4.05. The zero-order valence-corrected chi connectivity index (χ0v) is 11.3. The fourth-order valence-electron chi connectivity index (χ4n) is 1.69. The molecule has 0 aliphatic rings. The van der Waals surface area contributed by atoms with Crippen LogP contribution in [0.3, 0.4) is 0 Å². The summed E-state index contributed by atoms with van der Waals surface area (Å²) in [6.45, 7) is 0. The lowest BCUT2D eigenvalue weighted by molar-refractivity contribution is 0.112. The predicted molar refractivity (Wildman–Crippen MR) is 77.4 cm³/mol. The summed E-state index contributed by atoms with van der Waals surface area (Å²) in [4.78, 5) is 11.1. The van der Waals surface area contributed by atoms with Gasteiger partial charge in [0.1, 0.15) is 11.5 Å². The third kappa shape index (κ3) is 3.18. The molecule has 0 fully saturated rings. The average molecular weight is 266 g/mol. The Morgan fingerprint density at radius 3 is 2.15 bits per heavy atom. The van der Waals surface area contributed by atoms with Crippen LogP contribution in [0.1, 0.15) is 21.5 Å². The molecule has 100 valence electrons. The lowest BCUT2D eigenvalue weighted by Gasteiger charge is -2.01. The zero-order valence-electron chi connectivity index (χ0n) is 11.3. The molecule has 0 amide bonds. The smallest absolute Gasteiger partial charge is 0.151 e. The average Bonchev–Trinajstić information content (AvgIpc) is 2.53. The molecule has 0 aliphatic heterocycles. The molecule has 0 spiro atoms. The molecule has 0 aromatic heterocycles. The molecule has 2 aromatic carbocycles. The number of carbonyl (C=O) groups is 1. The maximum absolute atomic E-state index is 11.1. The first-order valence-corrected chi connectivity index (χ1v) is 6.06. The van der Waals surface area contributed by atoms with E-state index in [0.29, 0.717) is 16.9 Å². The highest BCUT2D eigenvalue weighted by atomic mass is 16.5. The van der Waals surface area contributed by atoms with Gasteiger partial charge in [-0.05, 0) is 42.5 Å². The highest BCUT2D eigenvalue weighted by molar-refractivity contribution is 5.80. The molecule has 2 rings (SSSR count). The lowest BCUT2D eigenvalue weighted by Crippen LogP contribution is -1.90. The Kier molecular flexibility index (Phi) is 4.41. The number of benzene rings is 2. The number of carbonyl (C=O) groups excluding carboxylic acids is 1. The number of ether oxygens (including phenoxy) is 2. The van der Waals surface area contributed by atoms with Crippen LogP contribution in [0.25, 0.3) is 0 Å². The van der Waals surface area contributed by atoms with Crippen LogP contribution in [-0.4, -0.2) is 20.5 Å². The van der Waals surface area contributed by atoms with Crippen LogP contribution in [0.2, 0.25) is 0 Å². The molecule has 0 aliphatic carbocycles. The van der Waals surface area contributed by atoms with Crippen LogP contribution in [0, 0.1) is 11.8 Å². The van der Waals surface area contributed by atoms with Gasteiger partial charge in [0.05, 0.1) is 14.2 Å². The SMILES string of the molecule is COc1ccc(C#Cc2ccc(OC)cc2C=O)cc1. The van der Waals surface area contributed by atoms with E-state index in [1.807, 2.05) is 24.3 Å². The molecule has 3 heteroatoms. The third-order valence-electron chi connectivity index (χ3n) is 2.82. The molecule has 20 heavy (non-hydrogen) atoms. The van der Waals surface area contributed by atoms with Gasteiger partial charge < -0.3 is 9.47 Å². The van der Waals surface area contributed by atoms with Crippen LogP contribution in [-0.2, 0) is 0 Å². The van der Waals surface area contributed by atoms with Crippen molar-refractivity contribution in [2.75, 3.05) is 14.2 Å². The Morgan fingerprint density at radius 1 is 0.900 bits per heavy atom. The van der Waals surface area contributed by atoms with E-state index in [9.17, 15) is 4.79 Å². The maximum atomic E-state index is 11.1. The normalized spacial score (nSPS) is 9.30. The van der Waals surface area contributed by atoms with Crippen LogP contribution >= 0.6 is 0 Å². The molecule has 0 atom stereocenters. The van der Waals surface area contributed by atoms with Gasteiger partial charge in [-0.15, -0.1) is 0 Å². The summed E-state index contributed by atoms with van der Waals surface area (Å²) < 4.78 is 10.2. The van der Waals surface area contributed by atoms with Crippen molar-refractivity contribution in [3.63, 3.8) is 0 Å². The van der Waals surface area contributed by atoms with E-state index in [-0.39, 0.29) is 0 Å². The van der Waals surface area contributed by atoms with Gasteiger partial charge in [0, 0.05) is 16.7 Å². The highest BCUT2D eigenvalue weighted by Crippen LogP contribution is 2.16. The van der Waals surface area contributed by atoms with E-state index < -0.39 is 0 Å². The van der Waals surface area contributed by atoms with E-state index in [2.05, 4.69) is 11.8 Å². The standard InChI is InChI=1S/C17H14O3/c1-19-16-8-4-13(5-9-16)3-6-14-7-10-17(20-2)11-15(14)12-18/h4-5,7-12H,1-2H3. The molecule has 0 saturated heterocycles. The van der Waals surface area contributed by atoms with Crippen LogP contribution in [0.5, 0.6) is 11.5 Å². The molecule has 3 nitrogen and oxygen atoms in total. The van der Waals surface area contributed by atoms with Crippen LogP contribution in [0.4, 0.5) is 0 Å². The summed E-state index contributed by atoms with van der Waals surface area (Å²) in [5.74, 6) is 7.44. The number of methoxy groups -OCH3 is 2. The Balaban J connectivity index is 2.29. The molecule has 0 unspecified atom stereocenters. The Morgan fingerprint density at radius 2 is 1.55 bits per heavy atom. The minimum atomic E-state index is 0.519. The summed E-state index contributed by atoms with van der Waals surface area (Å²) in [5.41, 5.74) is 2.06. The molecular weight excluding hydrogens is 252 g/mol. The van der Waals surface area contributed by atoms with Gasteiger partial charge >= 0.3 is 0 Å². The highest BCUT2D eigenvalue weighted by Gasteiger charge is 2.01. The summed E-state index contributed by atoms with van der Waals surface area (Å²) in [6, 6.07) is 12.7. The fraction of sp³-hybridized carbons (Fsp3) is 0.118. The minimum absolute atomic E-state index is 0.519. The molecule has 0 heterocycles. The number of rotatable bonds is 3. The van der Waals surface area contributed by atoms with Gasteiger partial charge in [-0.2, -0.15) is 0 Å². The Labute approximate surface area is 118 Å². The van der Waals surface area contributed by atoms with Crippen LogP contribution < -0.4 is 9.47 Å². The predicted octanol–water partition coefficient (Wildman–Crippen LogP) is 2.92. The molecule has 0 bridgehead atoms. The first-order valence-electron chi connectivity index (χ1n) is 6.06. The van der Waals surface area contributed by atoms with Gasteiger partial charge in [-0.1, -0.05) is 11.8 Å². The fourth-order valence-corrected chi connectivity index (χ4v) is 1.69. The summed E-state index contributed by atoms with van der Waals surface area (Å²) >= 11 is 0. The van der Waals surface area contributed by atoms with E-state index in [1.54, 1.807) is 32.4 Å². The Bertz CT molecular complexity index is 661. The summed E-state index contributed by atoms with van der Waals surface area (Å²) in [7, 11) is 3.18. The Hall–Kier alpha value is -2.73. The topological polar surface area (TPSA) is 35.5 Å². The third-order valence-corrected chi connectivity index (χ3v) is 2.82. The second kappa shape index (κ2) is 6.44. The number of aldehydes is 1. The number of hydrogen-bond donors (Lipinski definition) is 0. The first-order chi connectivity index (χ1) is 9.76. The molecule has 2 aromatic rings. The molecule has 0 N–H and O–H groups in total. The quantitative estimate of drug-likeness (QED) is 0.633. The van der Waals surface area contributed by atoms with Crippen molar-refractivity contribution in [2.24, 2.45) is 0 Å². The lowest BCUT2D eigenvalue weighted by atomic mass is 10.1. The van der Waals surface area contributed by atoms with Crippen LogP contribution in [0.15, 0.2) is 42.5 Å². The van der Waals surface area contributed by atoms with Gasteiger partial charge in [0.2, 0.25) is 0 Å². The summed E-state index contributed by atoms with van der Waals surface area (Å²) in [5, 5.41) is 0. The zero-order chi connectivity index (χ0) is 14.4. The van der Waals surface area contributed by atoms with Crippen molar-refractivity contribution < 1.29 is 14.3 Å². The van der Waals surface area contributed by atoms with Crippen molar-refractivity contribution in [2.45, 2.75) is 0 Å². The maximum Gasteiger partial charge on any atom is 0.151 e. The molecular formula is C17H14O3. The van der Waals surface area contributed by atoms with E-state index in [0.717, 1.165) is 17.6 Å².